The second-order valence-electron chi connectivity index (χ2n) is 7.96. The molecule has 1 fully saturated rings. The summed E-state index contributed by atoms with van der Waals surface area (Å²) in [6.45, 7) is 9.33. The van der Waals surface area contributed by atoms with Crippen molar-refractivity contribution in [3.63, 3.8) is 0 Å². The predicted molar refractivity (Wildman–Crippen MR) is 114 cm³/mol. The van der Waals surface area contributed by atoms with Crippen LogP contribution in [-0.4, -0.2) is 45.0 Å². The topological polar surface area (TPSA) is 63.2 Å². The second kappa shape index (κ2) is 8.31. The Bertz CT molecular complexity index is 996. The first kappa shape index (κ1) is 19.6. The van der Waals surface area contributed by atoms with Crippen LogP contribution in [0.5, 0.6) is 5.75 Å². The lowest BCUT2D eigenvalue weighted by Crippen LogP contribution is -2.39. The number of nitrogens with one attached hydrogen (secondary N) is 1. The highest BCUT2D eigenvalue weighted by atomic mass is 16.5. The van der Waals surface area contributed by atoms with Crippen molar-refractivity contribution in [3.05, 3.63) is 47.7 Å². The average molecular weight is 395 g/mol. The van der Waals surface area contributed by atoms with Crippen LogP contribution in [0.1, 0.15) is 48.1 Å². The second-order valence-corrected chi connectivity index (χ2v) is 7.96. The van der Waals surface area contributed by atoms with Gasteiger partial charge in [-0.05, 0) is 69.7 Å². The van der Waals surface area contributed by atoms with Gasteiger partial charge in [-0.25, -0.2) is 4.98 Å². The van der Waals surface area contributed by atoms with Crippen molar-refractivity contribution in [2.24, 2.45) is 5.92 Å². The number of ether oxygens (including phenoxy) is 1. The molecule has 1 aliphatic rings. The molecule has 3 aromatic rings. The van der Waals surface area contributed by atoms with E-state index in [0.717, 1.165) is 66.9 Å². The number of rotatable bonds is 6. The molecule has 0 spiro atoms. The lowest BCUT2D eigenvalue weighted by molar-refractivity contribution is 0.0679. The van der Waals surface area contributed by atoms with Crippen LogP contribution >= 0.6 is 0 Å². The molecular formula is C23H30N4O2. The van der Waals surface area contributed by atoms with E-state index in [9.17, 15) is 4.79 Å². The van der Waals surface area contributed by atoms with Gasteiger partial charge < -0.3 is 19.2 Å². The number of H-pyrrole nitrogens is 1. The Morgan fingerprint density at radius 2 is 2.07 bits per heavy atom. The smallest absolute Gasteiger partial charge is 0.270 e. The number of amides is 1. The molecule has 1 amide bonds. The predicted octanol–water partition coefficient (Wildman–Crippen LogP) is 4.32. The summed E-state index contributed by atoms with van der Waals surface area (Å²) < 4.78 is 7.82. The molecule has 1 aromatic carbocycles. The summed E-state index contributed by atoms with van der Waals surface area (Å²) in [7, 11) is 0. The molecule has 0 atom stereocenters. The van der Waals surface area contributed by atoms with Gasteiger partial charge in [-0.1, -0.05) is 0 Å². The number of aryl methyl sites for hydroxylation is 3. The molecule has 3 heterocycles. The minimum atomic E-state index is 0.112. The third kappa shape index (κ3) is 4.02. The van der Waals surface area contributed by atoms with Crippen LogP contribution in [0.25, 0.3) is 10.9 Å². The Hall–Kier alpha value is -2.76. The maximum absolute atomic E-state index is 13.1. The van der Waals surface area contributed by atoms with Gasteiger partial charge in [-0.2, -0.15) is 0 Å². The highest BCUT2D eigenvalue weighted by molar-refractivity contribution is 6.01. The van der Waals surface area contributed by atoms with Crippen LogP contribution < -0.4 is 4.74 Å². The fourth-order valence-corrected chi connectivity index (χ4v) is 4.32. The third-order valence-corrected chi connectivity index (χ3v) is 6.16. The molecule has 0 unspecified atom stereocenters. The Balaban J connectivity index is 1.39. The van der Waals surface area contributed by atoms with E-state index in [1.807, 2.05) is 56.3 Å². The molecular weight excluding hydrogens is 364 g/mol. The third-order valence-electron chi connectivity index (χ3n) is 6.16. The van der Waals surface area contributed by atoms with Crippen LogP contribution in [0.4, 0.5) is 0 Å². The van der Waals surface area contributed by atoms with E-state index >= 15 is 0 Å². The quantitative estimate of drug-likeness (QED) is 0.677. The van der Waals surface area contributed by atoms with E-state index in [1.165, 1.54) is 0 Å². The zero-order chi connectivity index (χ0) is 20.4. The van der Waals surface area contributed by atoms with Gasteiger partial charge in [0.05, 0.1) is 6.61 Å². The fraction of sp³-hybridized carbons (Fsp3) is 0.478. The van der Waals surface area contributed by atoms with Crippen molar-refractivity contribution in [3.8, 4) is 5.75 Å². The normalized spacial score (nSPS) is 15.2. The number of carbonyl (C=O) groups excluding carboxylic acids is 1. The molecule has 29 heavy (non-hydrogen) atoms. The number of fused-ring (bicyclic) bond motifs is 1. The van der Waals surface area contributed by atoms with Crippen molar-refractivity contribution in [2.75, 3.05) is 19.7 Å². The van der Waals surface area contributed by atoms with E-state index in [2.05, 4.69) is 14.5 Å². The van der Waals surface area contributed by atoms with Gasteiger partial charge >= 0.3 is 0 Å². The molecule has 6 heteroatoms. The molecule has 154 valence electrons. The number of aromatic nitrogens is 3. The molecule has 1 aliphatic heterocycles. The maximum atomic E-state index is 13.1. The van der Waals surface area contributed by atoms with Gasteiger partial charge in [-0.3, -0.25) is 4.79 Å². The summed E-state index contributed by atoms with van der Waals surface area (Å²) in [4.78, 5) is 22.8. The van der Waals surface area contributed by atoms with Crippen molar-refractivity contribution < 1.29 is 9.53 Å². The highest BCUT2D eigenvalue weighted by Gasteiger charge is 2.26. The minimum absolute atomic E-state index is 0.112. The molecule has 0 bridgehead atoms. The number of likely N-dealkylation sites (tertiary alicyclic amines) is 1. The Morgan fingerprint density at radius 3 is 2.76 bits per heavy atom. The first-order valence-electron chi connectivity index (χ1n) is 10.6. The number of piperidine rings is 1. The number of aromatic amines is 1. The Labute approximate surface area is 171 Å². The average Bonchev–Trinajstić information content (AvgIpc) is 3.29. The Morgan fingerprint density at radius 1 is 1.28 bits per heavy atom. The van der Waals surface area contributed by atoms with Crippen LogP contribution in [-0.2, 0) is 6.54 Å². The molecule has 6 nitrogen and oxygen atoms in total. The molecule has 0 aliphatic carbocycles. The van der Waals surface area contributed by atoms with Crippen LogP contribution in [0.2, 0.25) is 0 Å². The van der Waals surface area contributed by atoms with Gasteiger partial charge in [0.2, 0.25) is 0 Å². The molecule has 1 saturated heterocycles. The number of benzene rings is 1. The van der Waals surface area contributed by atoms with Crippen molar-refractivity contribution in [2.45, 2.75) is 46.6 Å². The molecule has 1 N–H and O–H groups in total. The monoisotopic (exact) mass is 394 g/mol. The van der Waals surface area contributed by atoms with Gasteiger partial charge in [0.15, 0.2) is 0 Å². The number of hydrogen-bond acceptors (Lipinski definition) is 3. The largest absolute Gasteiger partial charge is 0.494 e. The Kier molecular flexibility index (Phi) is 5.60. The van der Waals surface area contributed by atoms with Gasteiger partial charge in [-0.15, -0.1) is 0 Å². The molecule has 2 aromatic heterocycles. The SMILES string of the molecule is CCOc1ccc2[nH]c(C(=O)N3CCC(CCn4ccnc4C)CC3)c(C)c2c1. The molecule has 4 rings (SSSR count). The fourth-order valence-electron chi connectivity index (χ4n) is 4.32. The highest BCUT2D eigenvalue weighted by Crippen LogP contribution is 2.28. The summed E-state index contributed by atoms with van der Waals surface area (Å²) in [6, 6.07) is 5.96. The summed E-state index contributed by atoms with van der Waals surface area (Å²) >= 11 is 0. The minimum Gasteiger partial charge on any atom is -0.494 e. The lowest BCUT2D eigenvalue weighted by Gasteiger charge is -2.32. The van der Waals surface area contributed by atoms with Crippen molar-refractivity contribution in [1.29, 1.82) is 0 Å². The number of carbonyl (C=O) groups is 1. The van der Waals surface area contributed by atoms with E-state index in [-0.39, 0.29) is 5.91 Å². The number of imidazole rings is 1. The van der Waals surface area contributed by atoms with E-state index in [4.69, 9.17) is 4.74 Å². The summed E-state index contributed by atoms with van der Waals surface area (Å²) in [5.41, 5.74) is 2.70. The standard InChI is InChI=1S/C23H30N4O2/c1-4-29-19-5-6-21-20(15-19)16(2)22(25-21)23(28)27-12-8-18(9-13-27)7-11-26-14-10-24-17(26)3/h5-6,10,14-15,18,25H,4,7-9,11-13H2,1-3H3. The molecule has 0 saturated carbocycles. The maximum Gasteiger partial charge on any atom is 0.270 e. The zero-order valence-corrected chi connectivity index (χ0v) is 17.6. The lowest BCUT2D eigenvalue weighted by atomic mass is 9.93. The van der Waals surface area contributed by atoms with E-state index in [0.29, 0.717) is 18.2 Å². The van der Waals surface area contributed by atoms with Crippen LogP contribution in [0.3, 0.4) is 0 Å². The van der Waals surface area contributed by atoms with Gasteiger partial charge in [0.1, 0.15) is 17.3 Å². The van der Waals surface area contributed by atoms with Gasteiger partial charge in [0.25, 0.3) is 5.91 Å². The van der Waals surface area contributed by atoms with Crippen LogP contribution in [0, 0.1) is 19.8 Å². The van der Waals surface area contributed by atoms with Crippen molar-refractivity contribution >= 4 is 16.8 Å². The van der Waals surface area contributed by atoms with E-state index in [1.54, 1.807) is 0 Å². The summed E-state index contributed by atoms with van der Waals surface area (Å²) in [6.07, 6.45) is 7.17. The first-order valence-corrected chi connectivity index (χ1v) is 10.6. The summed E-state index contributed by atoms with van der Waals surface area (Å²) in [5.74, 6) is 2.69. The van der Waals surface area contributed by atoms with E-state index < -0.39 is 0 Å². The number of hydrogen-bond donors (Lipinski definition) is 1. The van der Waals surface area contributed by atoms with Crippen molar-refractivity contribution in [1.82, 2.24) is 19.4 Å². The van der Waals surface area contributed by atoms with Crippen LogP contribution in [0.15, 0.2) is 30.6 Å². The first-order chi connectivity index (χ1) is 14.1. The van der Waals surface area contributed by atoms with Gasteiger partial charge in [0, 0.05) is 42.9 Å². The summed E-state index contributed by atoms with van der Waals surface area (Å²) in [5, 5.41) is 1.06. The molecule has 0 radical (unpaired) electrons. The number of nitrogens with zero attached hydrogens (tertiary/aromatic N) is 3. The zero-order valence-electron chi connectivity index (χ0n) is 17.6.